The summed E-state index contributed by atoms with van der Waals surface area (Å²) in [6.45, 7) is 8.68. The van der Waals surface area contributed by atoms with Gasteiger partial charge in [-0.2, -0.15) is 13.2 Å². The van der Waals surface area contributed by atoms with Crippen LogP contribution >= 0.6 is 0 Å². The second-order valence-corrected chi connectivity index (χ2v) is 11.5. The van der Waals surface area contributed by atoms with Gasteiger partial charge in [0, 0.05) is 68.0 Å². The first kappa shape index (κ1) is 29.0. The van der Waals surface area contributed by atoms with E-state index < -0.39 is 11.7 Å². The fourth-order valence-electron chi connectivity index (χ4n) is 5.99. The molecule has 0 radical (unpaired) electrons. The lowest BCUT2D eigenvalue weighted by atomic mass is 9.86. The number of piperidine rings is 1. The van der Waals surface area contributed by atoms with Crippen LogP contribution in [0.25, 0.3) is 11.1 Å². The molecule has 2 saturated heterocycles. The molecule has 2 fully saturated rings. The van der Waals surface area contributed by atoms with Crippen molar-refractivity contribution in [1.29, 1.82) is 0 Å². The van der Waals surface area contributed by atoms with E-state index in [2.05, 4.69) is 34.8 Å². The summed E-state index contributed by atoms with van der Waals surface area (Å²) in [6.07, 6.45) is 1.44. The van der Waals surface area contributed by atoms with E-state index in [1.807, 2.05) is 42.3 Å². The topological polar surface area (TPSA) is 52.6 Å². The number of halogens is 3. The number of nitrogens with zero attached hydrogens (tertiary/aromatic N) is 5. The number of piperazine rings is 1. The minimum absolute atomic E-state index is 0.0104. The van der Waals surface area contributed by atoms with Crippen LogP contribution in [0, 0.1) is 12.8 Å². The zero-order valence-corrected chi connectivity index (χ0v) is 24.0. The van der Waals surface area contributed by atoms with Gasteiger partial charge in [0.15, 0.2) is 0 Å². The van der Waals surface area contributed by atoms with Crippen LogP contribution in [-0.4, -0.2) is 71.5 Å². The standard InChI is InChI=1S/C32H38F3N5O/c1-22-6-11-27(24-7-13-30(37-20-24)39-17-15-38(3)16-18-39)28(19-22)31(41)40-14-4-5-23(2)29(40)12-10-26-9-8-25(21-36-26)32(33,34)35/h6-9,11,13,19-21,23,29H,4-5,10,12,14-18H2,1-3H3/t23-,29-/m1/s1. The van der Waals surface area contributed by atoms with Gasteiger partial charge >= 0.3 is 6.18 Å². The number of aromatic nitrogens is 2. The number of rotatable bonds is 6. The molecule has 218 valence electrons. The Morgan fingerprint density at radius 3 is 2.41 bits per heavy atom. The number of amides is 1. The smallest absolute Gasteiger partial charge is 0.354 e. The normalized spacial score (nSPS) is 20.3. The first-order valence-corrected chi connectivity index (χ1v) is 14.4. The van der Waals surface area contributed by atoms with Crippen LogP contribution in [0.15, 0.2) is 54.9 Å². The lowest BCUT2D eigenvalue weighted by Crippen LogP contribution is -2.48. The summed E-state index contributed by atoms with van der Waals surface area (Å²) in [7, 11) is 2.13. The third kappa shape index (κ3) is 6.72. The van der Waals surface area contributed by atoms with Crippen LogP contribution in [0.2, 0.25) is 0 Å². The number of alkyl halides is 3. The molecule has 0 N–H and O–H groups in total. The number of hydrogen-bond donors (Lipinski definition) is 0. The minimum atomic E-state index is -4.40. The van der Waals surface area contributed by atoms with Gasteiger partial charge in [-0.3, -0.25) is 9.78 Å². The first-order chi connectivity index (χ1) is 19.6. The second-order valence-electron chi connectivity index (χ2n) is 11.5. The molecule has 1 aromatic carbocycles. The van der Waals surface area contributed by atoms with Crippen molar-refractivity contribution in [3.63, 3.8) is 0 Å². The van der Waals surface area contributed by atoms with E-state index in [1.165, 1.54) is 6.07 Å². The molecule has 2 aliphatic heterocycles. The Morgan fingerprint density at radius 1 is 0.976 bits per heavy atom. The highest BCUT2D eigenvalue weighted by Crippen LogP contribution is 2.33. The quantitative estimate of drug-likeness (QED) is 0.362. The van der Waals surface area contributed by atoms with E-state index >= 15 is 0 Å². The summed E-state index contributed by atoms with van der Waals surface area (Å²) in [5.41, 5.74) is 3.29. The van der Waals surface area contributed by atoms with Crippen molar-refractivity contribution in [3.8, 4) is 11.1 Å². The summed E-state index contributed by atoms with van der Waals surface area (Å²) in [5, 5.41) is 0. The maximum absolute atomic E-state index is 14.2. The zero-order chi connectivity index (χ0) is 29.1. The van der Waals surface area contributed by atoms with Gasteiger partial charge in [0.25, 0.3) is 5.91 Å². The maximum Gasteiger partial charge on any atom is 0.417 e. The lowest BCUT2D eigenvalue weighted by Gasteiger charge is -2.40. The molecule has 9 heteroatoms. The SMILES string of the molecule is Cc1ccc(-c2ccc(N3CCN(C)CC3)nc2)c(C(=O)N2CCC[C@@H](C)[C@H]2CCc2ccc(C(F)(F)F)cn2)c1. The third-order valence-corrected chi connectivity index (χ3v) is 8.52. The highest BCUT2D eigenvalue weighted by Gasteiger charge is 2.34. The number of carbonyl (C=O) groups is 1. The van der Waals surface area contributed by atoms with E-state index in [9.17, 15) is 18.0 Å². The van der Waals surface area contributed by atoms with Crippen molar-refractivity contribution in [2.45, 2.75) is 51.7 Å². The van der Waals surface area contributed by atoms with Crippen LogP contribution < -0.4 is 4.90 Å². The molecule has 0 spiro atoms. The average molecular weight is 566 g/mol. The first-order valence-electron chi connectivity index (χ1n) is 14.4. The van der Waals surface area contributed by atoms with Crippen LogP contribution in [0.3, 0.4) is 0 Å². The summed E-state index contributed by atoms with van der Waals surface area (Å²) < 4.78 is 38.9. The summed E-state index contributed by atoms with van der Waals surface area (Å²) >= 11 is 0. The highest BCUT2D eigenvalue weighted by atomic mass is 19.4. The lowest BCUT2D eigenvalue weighted by molar-refractivity contribution is -0.137. The Morgan fingerprint density at radius 2 is 1.76 bits per heavy atom. The molecule has 2 atom stereocenters. The molecule has 5 rings (SSSR count). The Labute approximate surface area is 240 Å². The molecular weight excluding hydrogens is 527 g/mol. The molecule has 0 saturated carbocycles. The number of anilines is 1. The second kappa shape index (κ2) is 12.2. The number of carbonyl (C=O) groups excluding carboxylic acids is 1. The summed E-state index contributed by atoms with van der Waals surface area (Å²) in [6, 6.07) is 12.6. The number of likely N-dealkylation sites (N-methyl/N-ethyl adjacent to an activating group) is 1. The van der Waals surface area contributed by atoms with Crippen molar-refractivity contribution >= 4 is 11.7 Å². The highest BCUT2D eigenvalue weighted by molar-refractivity contribution is 6.01. The van der Waals surface area contributed by atoms with E-state index in [4.69, 9.17) is 4.98 Å². The summed E-state index contributed by atoms with van der Waals surface area (Å²) in [5.74, 6) is 1.22. The molecule has 4 heterocycles. The number of aryl methyl sites for hydroxylation is 2. The molecular formula is C32H38F3N5O. The van der Waals surface area contributed by atoms with Crippen LogP contribution in [0.5, 0.6) is 0 Å². The van der Waals surface area contributed by atoms with E-state index in [0.717, 1.165) is 73.8 Å². The minimum Gasteiger partial charge on any atom is -0.354 e. The number of hydrogen-bond acceptors (Lipinski definition) is 5. The van der Waals surface area contributed by atoms with Gasteiger partial charge in [-0.1, -0.05) is 24.6 Å². The molecule has 0 unspecified atom stereocenters. The molecule has 3 aromatic rings. The van der Waals surface area contributed by atoms with Crippen molar-refractivity contribution in [1.82, 2.24) is 19.8 Å². The monoisotopic (exact) mass is 565 g/mol. The number of pyridine rings is 2. The molecule has 2 aliphatic rings. The summed E-state index contributed by atoms with van der Waals surface area (Å²) in [4.78, 5) is 29.5. The van der Waals surface area contributed by atoms with Crippen molar-refractivity contribution < 1.29 is 18.0 Å². The molecule has 41 heavy (non-hydrogen) atoms. The average Bonchev–Trinajstić information content (AvgIpc) is 2.96. The van der Waals surface area contributed by atoms with Crippen LogP contribution in [0.4, 0.5) is 19.0 Å². The van der Waals surface area contributed by atoms with E-state index in [0.29, 0.717) is 30.6 Å². The molecule has 0 aliphatic carbocycles. The van der Waals surface area contributed by atoms with E-state index in [-0.39, 0.29) is 17.9 Å². The number of likely N-dealkylation sites (tertiary alicyclic amines) is 1. The van der Waals surface area contributed by atoms with Gasteiger partial charge in [0.2, 0.25) is 0 Å². The molecule has 1 amide bonds. The molecule has 2 aromatic heterocycles. The Balaban J connectivity index is 1.35. The predicted molar refractivity (Wildman–Crippen MR) is 155 cm³/mol. The predicted octanol–water partition coefficient (Wildman–Crippen LogP) is 6.10. The molecule has 0 bridgehead atoms. The van der Waals surface area contributed by atoms with Crippen LogP contribution in [0.1, 0.15) is 53.4 Å². The fraction of sp³-hybridized carbons (Fsp3) is 0.469. The number of benzene rings is 1. The maximum atomic E-state index is 14.2. The van der Waals surface area contributed by atoms with Crippen molar-refractivity contribution in [2.75, 3.05) is 44.7 Å². The Hall–Kier alpha value is -3.46. The van der Waals surface area contributed by atoms with Crippen LogP contribution in [-0.2, 0) is 12.6 Å². The van der Waals surface area contributed by atoms with Gasteiger partial charge in [-0.15, -0.1) is 0 Å². The fourth-order valence-corrected chi connectivity index (χ4v) is 5.99. The third-order valence-electron chi connectivity index (χ3n) is 8.52. The largest absolute Gasteiger partial charge is 0.417 e. The Kier molecular flexibility index (Phi) is 8.63. The van der Waals surface area contributed by atoms with Gasteiger partial charge in [-0.05, 0) is 81.5 Å². The van der Waals surface area contributed by atoms with Crippen molar-refractivity contribution in [3.05, 3.63) is 77.2 Å². The van der Waals surface area contributed by atoms with E-state index in [1.54, 1.807) is 0 Å². The Bertz CT molecular complexity index is 1330. The van der Waals surface area contributed by atoms with Gasteiger partial charge in [-0.25, -0.2) is 4.98 Å². The zero-order valence-electron chi connectivity index (χ0n) is 24.0. The van der Waals surface area contributed by atoms with Gasteiger partial charge < -0.3 is 14.7 Å². The molecule has 6 nitrogen and oxygen atoms in total. The van der Waals surface area contributed by atoms with Gasteiger partial charge in [0.1, 0.15) is 5.82 Å². The van der Waals surface area contributed by atoms with Gasteiger partial charge in [0.05, 0.1) is 5.56 Å². The van der Waals surface area contributed by atoms with Crippen molar-refractivity contribution in [2.24, 2.45) is 5.92 Å².